The first-order valence-corrected chi connectivity index (χ1v) is 9.96. The molecule has 0 bridgehead atoms. The lowest BCUT2D eigenvalue weighted by Gasteiger charge is -2.36. The van der Waals surface area contributed by atoms with E-state index in [-0.39, 0.29) is 29.8 Å². The van der Waals surface area contributed by atoms with Crippen LogP contribution in [0.5, 0.6) is 0 Å². The van der Waals surface area contributed by atoms with Gasteiger partial charge in [-0.1, -0.05) is 0 Å². The normalized spacial score (nSPS) is 15.0. The molecule has 0 amide bonds. The van der Waals surface area contributed by atoms with E-state index in [1.807, 2.05) is 19.1 Å². The Balaban J connectivity index is 0.00000261. The zero-order valence-electron chi connectivity index (χ0n) is 15.6. The van der Waals surface area contributed by atoms with Gasteiger partial charge in [-0.15, -0.1) is 35.3 Å². The van der Waals surface area contributed by atoms with E-state index in [4.69, 9.17) is 5.73 Å². The number of unbranched alkanes of at least 4 members (excludes halogenated alkanes) is 1. The molecule has 1 aromatic heterocycles. The molecular weight excluding hydrogens is 476 g/mol. The third-order valence-electron chi connectivity index (χ3n) is 4.53. The number of hydrogen-bond acceptors (Lipinski definition) is 4. The van der Waals surface area contributed by atoms with Gasteiger partial charge in [-0.2, -0.15) is 0 Å². The SMILES string of the molecule is Cc1csc(CCCCN=C(N)N2CCN(c3ccc(F)cc3)CC2)n1.I. The zero-order chi connectivity index (χ0) is 18.4. The molecule has 8 heteroatoms. The first kappa shape index (κ1) is 21.9. The Labute approximate surface area is 181 Å². The van der Waals surface area contributed by atoms with E-state index in [1.54, 1.807) is 11.3 Å². The molecule has 0 spiro atoms. The summed E-state index contributed by atoms with van der Waals surface area (Å²) in [4.78, 5) is 13.4. The summed E-state index contributed by atoms with van der Waals surface area (Å²) in [5, 5.41) is 3.30. The zero-order valence-corrected chi connectivity index (χ0v) is 18.8. The van der Waals surface area contributed by atoms with Crippen LogP contribution in [0, 0.1) is 12.7 Å². The van der Waals surface area contributed by atoms with E-state index in [0.29, 0.717) is 5.96 Å². The van der Waals surface area contributed by atoms with Crippen molar-refractivity contribution in [3.05, 3.63) is 46.2 Å². The number of piperazine rings is 1. The van der Waals surface area contributed by atoms with E-state index < -0.39 is 0 Å². The molecule has 3 rings (SSSR count). The number of aryl methyl sites for hydroxylation is 2. The van der Waals surface area contributed by atoms with Crippen LogP contribution in [0.3, 0.4) is 0 Å². The number of benzene rings is 1. The van der Waals surface area contributed by atoms with E-state index in [1.165, 1.54) is 17.1 Å². The van der Waals surface area contributed by atoms with Gasteiger partial charge in [0.05, 0.1) is 5.01 Å². The number of nitrogens with zero attached hydrogens (tertiary/aromatic N) is 4. The lowest BCUT2D eigenvalue weighted by atomic mass is 10.2. The van der Waals surface area contributed by atoms with Gasteiger partial charge in [0, 0.05) is 49.5 Å². The molecule has 148 valence electrons. The van der Waals surface area contributed by atoms with Gasteiger partial charge in [0.25, 0.3) is 0 Å². The standard InChI is InChI=1S/C19H26FN5S.HI/c1-15-14-26-18(23-15)4-2-3-9-22-19(21)25-12-10-24(11-13-25)17-7-5-16(20)6-8-17;/h5-8,14H,2-4,9-13H2,1H3,(H2,21,22);1H. The molecule has 0 aliphatic carbocycles. The second-order valence-electron chi connectivity index (χ2n) is 6.53. The van der Waals surface area contributed by atoms with E-state index in [9.17, 15) is 4.39 Å². The Morgan fingerprint density at radius 3 is 2.52 bits per heavy atom. The molecule has 1 aromatic carbocycles. The van der Waals surface area contributed by atoms with Crippen molar-refractivity contribution >= 4 is 47.0 Å². The number of aliphatic imine (C=N–C) groups is 1. The largest absolute Gasteiger partial charge is 0.370 e. The van der Waals surface area contributed by atoms with Crippen molar-refractivity contribution in [1.82, 2.24) is 9.88 Å². The number of rotatable bonds is 6. The van der Waals surface area contributed by atoms with Crippen LogP contribution in [0.2, 0.25) is 0 Å². The molecule has 0 saturated carbocycles. The smallest absolute Gasteiger partial charge is 0.191 e. The van der Waals surface area contributed by atoms with Gasteiger partial charge in [0.1, 0.15) is 5.82 Å². The minimum Gasteiger partial charge on any atom is -0.370 e. The second kappa shape index (κ2) is 10.8. The highest BCUT2D eigenvalue weighted by Crippen LogP contribution is 2.17. The average Bonchev–Trinajstić information content (AvgIpc) is 3.07. The summed E-state index contributed by atoms with van der Waals surface area (Å²) >= 11 is 1.73. The van der Waals surface area contributed by atoms with Gasteiger partial charge in [-0.3, -0.25) is 4.99 Å². The number of halogens is 2. The van der Waals surface area contributed by atoms with Crippen LogP contribution in [-0.2, 0) is 6.42 Å². The number of hydrogen-bond donors (Lipinski definition) is 1. The summed E-state index contributed by atoms with van der Waals surface area (Å²) in [6.07, 6.45) is 3.13. The predicted molar refractivity (Wildman–Crippen MR) is 122 cm³/mol. The molecule has 1 aliphatic rings. The van der Waals surface area contributed by atoms with E-state index in [2.05, 4.69) is 25.2 Å². The Hall–Kier alpha value is -1.42. The lowest BCUT2D eigenvalue weighted by molar-refractivity contribution is 0.380. The van der Waals surface area contributed by atoms with Crippen LogP contribution >= 0.6 is 35.3 Å². The monoisotopic (exact) mass is 503 g/mol. The molecule has 0 atom stereocenters. The molecule has 27 heavy (non-hydrogen) atoms. The Morgan fingerprint density at radius 1 is 1.19 bits per heavy atom. The number of guanidine groups is 1. The third kappa shape index (κ3) is 6.60. The van der Waals surface area contributed by atoms with Crippen LogP contribution in [0.15, 0.2) is 34.6 Å². The van der Waals surface area contributed by atoms with Gasteiger partial charge in [-0.25, -0.2) is 9.37 Å². The maximum Gasteiger partial charge on any atom is 0.191 e. The fourth-order valence-corrected chi connectivity index (χ4v) is 3.86. The molecule has 1 fully saturated rings. The Morgan fingerprint density at radius 2 is 1.89 bits per heavy atom. The number of anilines is 1. The summed E-state index contributed by atoms with van der Waals surface area (Å²) < 4.78 is 13.0. The minimum atomic E-state index is -0.200. The highest BCUT2D eigenvalue weighted by atomic mass is 127. The van der Waals surface area contributed by atoms with Gasteiger partial charge >= 0.3 is 0 Å². The van der Waals surface area contributed by atoms with Gasteiger partial charge in [-0.05, 0) is 50.5 Å². The summed E-state index contributed by atoms with van der Waals surface area (Å²) in [5.41, 5.74) is 8.30. The first-order chi connectivity index (χ1) is 12.6. The second-order valence-corrected chi connectivity index (χ2v) is 7.47. The Kier molecular flexibility index (Phi) is 8.75. The van der Waals surface area contributed by atoms with Crippen LogP contribution in [-0.4, -0.2) is 48.6 Å². The summed E-state index contributed by atoms with van der Waals surface area (Å²) in [6, 6.07) is 6.66. The fraction of sp³-hybridized carbons (Fsp3) is 0.474. The van der Waals surface area contributed by atoms with Crippen LogP contribution in [0.25, 0.3) is 0 Å². The molecule has 5 nitrogen and oxygen atoms in total. The first-order valence-electron chi connectivity index (χ1n) is 9.08. The topological polar surface area (TPSA) is 57.8 Å². The molecule has 1 saturated heterocycles. The van der Waals surface area contributed by atoms with Crippen molar-refractivity contribution in [2.45, 2.75) is 26.2 Å². The van der Waals surface area contributed by atoms with Crippen molar-refractivity contribution in [2.75, 3.05) is 37.6 Å². The van der Waals surface area contributed by atoms with E-state index >= 15 is 0 Å². The molecule has 2 N–H and O–H groups in total. The third-order valence-corrected chi connectivity index (χ3v) is 5.56. The quantitative estimate of drug-likeness (QED) is 0.283. The van der Waals surface area contributed by atoms with Crippen LogP contribution in [0.4, 0.5) is 10.1 Å². The molecule has 2 heterocycles. The van der Waals surface area contributed by atoms with Crippen molar-refractivity contribution in [2.24, 2.45) is 10.7 Å². The highest BCUT2D eigenvalue weighted by Gasteiger charge is 2.18. The Bertz CT molecular complexity index is 726. The number of aromatic nitrogens is 1. The molecule has 1 aliphatic heterocycles. The highest BCUT2D eigenvalue weighted by molar-refractivity contribution is 14.0. The molecule has 2 aromatic rings. The number of thiazole rings is 1. The van der Waals surface area contributed by atoms with Crippen molar-refractivity contribution in [1.29, 1.82) is 0 Å². The predicted octanol–water partition coefficient (Wildman–Crippen LogP) is 3.67. The molecule has 0 radical (unpaired) electrons. The molecular formula is C19H27FIN5S. The maximum absolute atomic E-state index is 13.0. The van der Waals surface area contributed by atoms with Crippen LogP contribution in [0.1, 0.15) is 23.5 Å². The average molecular weight is 503 g/mol. The van der Waals surface area contributed by atoms with Gasteiger partial charge in [0.2, 0.25) is 0 Å². The maximum atomic E-state index is 13.0. The summed E-state index contributed by atoms with van der Waals surface area (Å²) in [6.45, 7) is 6.20. The van der Waals surface area contributed by atoms with Crippen molar-refractivity contribution in [3.8, 4) is 0 Å². The minimum absolute atomic E-state index is 0. The van der Waals surface area contributed by atoms with Crippen molar-refractivity contribution < 1.29 is 4.39 Å². The summed E-state index contributed by atoms with van der Waals surface area (Å²) in [5.74, 6) is 0.433. The lowest BCUT2D eigenvalue weighted by Crippen LogP contribution is -2.51. The fourth-order valence-electron chi connectivity index (χ4n) is 3.04. The van der Waals surface area contributed by atoms with E-state index in [0.717, 1.165) is 63.4 Å². The number of nitrogens with two attached hydrogens (primary N) is 1. The van der Waals surface area contributed by atoms with Gasteiger partial charge < -0.3 is 15.5 Å². The van der Waals surface area contributed by atoms with Crippen molar-refractivity contribution in [3.63, 3.8) is 0 Å². The molecule has 0 unspecified atom stereocenters. The summed E-state index contributed by atoms with van der Waals surface area (Å²) in [7, 11) is 0. The van der Waals surface area contributed by atoms with Crippen LogP contribution < -0.4 is 10.6 Å². The van der Waals surface area contributed by atoms with Gasteiger partial charge in [0.15, 0.2) is 5.96 Å².